The summed E-state index contributed by atoms with van der Waals surface area (Å²) in [6, 6.07) is 17.5. The van der Waals surface area contributed by atoms with E-state index in [-0.39, 0.29) is 18.3 Å². The number of methoxy groups -OCH3 is 1. The molecule has 0 saturated carbocycles. The van der Waals surface area contributed by atoms with E-state index >= 15 is 0 Å². The third-order valence-electron chi connectivity index (χ3n) is 4.10. The standard InChI is InChI=1S/C20H18N2O3/c1-14-7-9-15(10-8-14)22(13-20(23)24-2)12-17-16-5-3-4-6-18(16)25-19(17)11-21/h3-10H,12-13H2,1-2H3. The van der Waals surface area contributed by atoms with Gasteiger partial charge in [0.1, 0.15) is 18.2 Å². The summed E-state index contributed by atoms with van der Waals surface area (Å²) in [5, 5.41) is 10.3. The summed E-state index contributed by atoms with van der Waals surface area (Å²) in [6.07, 6.45) is 0. The average Bonchev–Trinajstić information content (AvgIpc) is 2.99. The van der Waals surface area contributed by atoms with Gasteiger partial charge in [0.15, 0.2) is 0 Å². The minimum absolute atomic E-state index is 0.0872. The molecule has 0 bridgehead atoms. The molecule has 5 heteroatoms. The molecule has 0 saturated heterocycles. The van der Waals surface area contributed by atoms with Gasteiger partial charge in [-0.15, -0.1) is 0 Å². The number of hydrogen-bond acceptors (Lipinski definition) is 5. The van der Waals surface area contributed by atoms with E-state index in [0.717, 1.165) is 22.2 Å². The van der Waals surface area contributed by atoms with E-state index in [9.17, 15) is 10.1 Å². The smallest absolute Gasteiger partial charge is 0.325 e. The fourth-order valence-corrected chi connectivity index (χ4v) is 2.75. The Morgan fingerprint density at radius 2 is 1.92 bits per heavy atom. The summed E-state index contributed by atoms with van der Waals surface area (Å²) in [6.45, 7) is 2.47. The molecule has 25 heavy (non-hydrogen) atoms. The fraction of sp³-hybridized carbons (Fsp3) is 0.200. The van der Waals surface area contributed by atoms with Gasteiger partial charge in [0.2, 0.25) is 5.76 Å². The molecule has 0 aliphatic heterocycles. The van der Waals surface area contributed by atoms with Gasteiger partial charge in [-0.05, 0) is 25.1 Å². The maximum atomic E-state index is 11.9. The number of esters is 1. The van der Waals surface area contributed by atoms with Crippen molar-refractivity contribution >= 4 is 22.6 Å². The van der Waals surface area contributed by atoms with Gasteiger partial charge in [-0.25, -0.2) is 0 Å². The quantitative estimate of drug-likeness (QED) is 0.664. The SMILES string of the molecule is COC(=O)CN(Cc1c(C#N)oc2ccccc12)c1ccc(C)cc1. The Morgan fingerprint density at radius 3 is 2.60 bits per heavy atom. The first-order valence-corrected chi connectivity index (χ1v) is 7.91. The number of anilines is 1. The molecule has 0 spiro atoms. The van der Waals surface area contributed by atoms with E-state index in [4.69, 9.17) is 9.15 Å². The summed E-state index contributed by atoms with van der Waals surface area (Å²) in [4.78, 5) is 13.7. The Hall–Kier alpha value is -3.26. The van der Waals surface area contributed by atoms with Crippen LogP contribution in [0, 0.1) is 18.3 Å². The van der Waals surface area contributed by atoms with Gasteiger partial charge in [-0.3, -0.25) is 4.79 Å². The molecule has 3 rings (SSSR count). The lowest BCUT2D eigenvalue weighted by atomic mass is 10.1. The number of benzene rings is 2. The molecule has 3 aromatic rings. The zero-order valence-corrected chi connectivity index (χ0v) is 14.2. The Balaban J connectivity index is 2.02. The molecule has 0 aliphatic rings. The van der Waals surface area contributed by atoms with E-state index in [1.54, 1.807) is 0 Å². The zero-order valence-electron chi connectivity index (χ0n) is 14.2. The summed E-state index contributed by atoms with van der Waals surface area (Å²) in [5.74, 6) is -0.0740. The van der Waals surface area contributed by atoms with Crippen molar-refractivity contribution < 1.29 is 13.9 Å². The Labute approximate surface area is 146 Å². The van der Waals surface area contributed by atoms with Crippen LogP contribution in [0.1, 0.15) is 16.9 Å². The van der Waals surface area contributed by atoms with Gasteiger partial charge in [0.25, 0.3) is 0 Å². The number of fused-ring (bicyclic) bond motifs is 1. The van der Waals surface area contributed by atoms with Gasteiger partial charge >= 0.3 is 5.97 Å². The van der Waals surface area contributed by atoms with Crippen molar-refractivity contribution in [1.82, 2.24) is 0 Å². The lowest BCUT2D eigenvalue weighted by molar-refractivity contribution is -0.139. The third-order valence-corrected chi connectivity index (χ3v) is 4.10. The highest BCUT2D eigenvalue weighted by molar-refractivity contribution is 5.84. The molecule has 1 aromatic heterocycles. The summed E-state index contributed by atoms with van der Waals surface area (Å²) >= 11 is 0. The second-order valence-corrected chi connectivity index (χ2v) is 5.79. The normalized spacial score (nSPS) is 10.4. The predicted molar refractivity (Wildman–Crippen MR) is 95.2 cm³/mol. The van der Waals surface area contributed by atoms with E-state index in [1.165, 1.54) is 7.11 Å². The number of rotatable bonds is 5. The topological polar surface area (TPSA) is 66.5 Å². The first-order valence-electron chi connectivity index (χ1n) is 7.91. The highest BCUT2D eigenvalue weighted by atomic mass is 16.5. The van der Waals surface area contributed by atoms with Crippen LogP contribution in [0.5, 0.6) is 0 Å². The number of hydrogen-bond donors (Lipinski definition) is 0. The van der Waals surface area contributed by atoms with Crippen LogP contribution in [0.3, 0.4) is 0 Å². The summed E-state index contributed by atoms with van der Waals surface area (Å²) in [5.41, 5.74) is 3.44. The van der Waals surface area contributed by atoms with E-state index in [0.29, 0.717) is 12.1 Å². The van der Waals surface area contributed by atoms with Crippen molar-refractivity contribution in [3.8, 4) is 6.07 Å². The van der Waals surface area contributed by atoms with E-state index in [1.807, 2.05) is 60.4 Å². The molecule has 126 valence electrons. The number of nitrogens with zero attached hydrogens (tertiary/aromatic N) is 2. The molecule has 5 nitrogen and oxygen atoms in total. The van der Waals surface area contributed by atoms with Crippen LogP contribution in [0.15, 0.2) is 52.9 Å². The molecule has 0 radical (unpaired) electrons. The van der Waals surface area contributed by atoms with Crippen molar-refractivity contribution in [3.05, 3.63) is 65.4 Å². The molecule has 0 atom stereocenters. The van der Waals surface area contributed by atoms with Gasteiger partial charge < -0.3 is 14.1 Å². The zero-order chi connectivity index (χ0) is 17.8. The molecular weight excluding hydrogens is 316 g/mol. The highest BCUT2D eigenvalue weighted by Crippen LogP contribution is 2.28. The largest absolute Gasteiger partial charge is 0.468 e. The molecular formula is C20H18N2O3. The van der Waals surface area contributed by atoms with Crippen LogP contribution in [0.4, 0.5) is 5.69 Å². The van der Waals surface area contributed by atoms with E-state index < -0.39 is 0 Å². The monoisotopic (exact) mass is 334 g/mol. The molecule has 0 fully saturated rings. The average molecular weight is 334 g/mol. The van der Waals surface area contributed by atoms with Gasteiger partial charge in [-0.2, -0.15) is 5.26 Å². The second kappa shape index (κ2) is 7.10. The van der Waals surface area contributed by atoms with Crippen molar-refractivity contribution in [2.24, 2.45) is 0 Å². The van der Waals surface area contributed by atoms with Crippen molar-refractivity contribution in [3.63, 3.8) is 0 Å². The second-order valence-electron chi connectivity index (χ2n) is 5.79. The van der Waals surface area contributed by atoms with Crippen LogP contribution in [-0.2, 0) is 16.1 Å². The first-order chi connectivity index (χ1) is 12.1. The highest BCUT2D eigenvalue weighted by Gasteiger charge is 2.19. The fourth-order valence-electron chi connectivity index (χ4n) is 2.75. The van der Waals surface area contributed by atoms with E-state index in [2.05, 4.69) is 6.07 Å². The maximum absolute atomic E-state index is 11.9. The molecule has 0 N–H and O–H groups in total. The number of carbonyl (C=O) groups excluding carboxylic acids is 1. The van der Waals surface area contributed by atoms with Crippen LogP contribution < -0.4 is 4.90 Å². The number of furan rings is 1. The number of para-hydroxylation sites is 1. The van der Waals surface area contributed by atoms with Crippen LogP contribution >= 0.6 is 0 Å². The summed E-state index contributed by atoms with van der Waals surface area (Å²) < 4.78 is 10.5. The molecule has 0 aliphatic carbocycles. The predicted octanol–water partition coefficient (Wildman–Crippen LogP) is 3.79. The number of carbonyl (C=O) groups is 1. The van der Waals surface area contributed by atoms with Gasteiger partial charge in [0.05, 0.1) is 7.11 Å². The Bertz CT molecular complexity index is 936. The number of aryl methyl sites for hydroxylation is 1. The van der Waals surface area contributed by atoms with Crippen LogP contribution in [0.2, 0.25) is 0 Å². The minimum Gasteiger partial charge on any atom is -0.468 e. The van der Waals surface area contributed by atoms with Gasteiger partial charge in [0, 0.05) is 23.2 Å². The Kier molecular flexibility index (Phi) is 4.71. The van der Waals surface area contributed by atoms with Crippen molar-refractivity contribution in [2.45, 2.75) is 13.5 Å². The minimum atomic E-state index is -0.341. The first kappa shape index (κ1) is 16.6. The molecule has 1 heterocycles. The number of ether oxygens (including phenoxy) is 1. The molecule has 2 aromatic carbocycles. The third kappa shape index (κ3) is 3.48. The molecule has 0 amide bonds. The lowest BCUT2D eigenvalue weighted by Crippen LogP contribution is -2.30. The van der Waals surface area contributed by atoms with Crippen LogP contribution in [-0.4, -0.2) is 19.6 Å². The lowest BCUT2D eigenvalue weighted by Gasteiger charge is -2.23. The maximum Gasteiger partial charge on any atom is 0.325 e. The van der Waals surface area contributed by atoms with Gasteiger partial charge in [-0.1, -0.05) is 35.9 Å². The number of nitriles is 1. The van der Waals surface area contributed by atoms with Crippen LogP contribution in [0.25, 0.3) is 11.0 Å². The van der Waals surface area contributed by atoms with Crippen molar-refractivity contribution in [2.75, 3.05) is 18.6 Å². The van der Waals surface area contributed by atoms with Crippen molar-refractivity contribution in [1.29, 1.82) is 5.26 Å². The molecule has 0 unspecified atom stereocenters. The summed E-state index contributed by atoms with van der Waals surface area (Å²) in [7, 11) is 1.36. The Morgan fingerprint density at radius 1 is 1.20 bits per heavy atom.